The minimum atomic E-state index is 0.352. The molecule has 3 saturated heterocycles. The van der Waals surface area contributed by atoms with Crippen LogP contribution < -0.4 is 9.80 Å². The monoisotopic (exact) mass is 389 g/mol. The zero-order chi connectivity index (χ0) is 19.3. The normalized spacial score (nSPS) is 25.7. The molecule has 0 bridgehead atoms. The highest BCUT2D eigenvalue weighted by Gasteiger charge is 2.28. The first-order valence-corrected chi connectivity index (χ1v) is 11.0. The highest BCUT2D eigenvalue weighted by molar-refractivity contribution is 5.46. The van der Waals surface area contributed by atoms with Crippen molar-refractivity contribution in [2.24, 2.45) is 0 Å². The van der Waals surface area contributed by atoms with Crippen molar-refractivity contribution in [3.05, 3.63) is 11.8 Å². The van der Waals surface area contributed by atoms with Crippen LogP contribution >= 0.6 is 0 Å². The smallest absolute Gasteiger partial charge is 0.227 e. The predicted molar refractivity (Wildman–Crippen MR) is 111 cm³/mol. The number of aromatic nitrogens is 2. The quantitative estimate of drug-likeness (QED) is 0.780. The minimum absolute atomic E-state index is 0.352. The van der Waals surface area contributed by atoms with Crippen molar-refractivity contribution in [1.82, 2.24) is 14.9 Å². The van der Waals surface area contributed by atoms with E-state index in [1.807, 2.05) is 0 Å². The summed E-state index contributed by atoms with van der Waals surface area (Å²) < 4.78 is 11.3. The number of anilines is 2. The second-order valence-electron chi connectivity index (χ2n) is 8.22. The van der Waals surface area contributed by atoms with Crippen LogP contribution in [0, 0.1) is 0 Å². The van der Waals surface area contributed by atoms with Gasteiger partial charge >= 0.3 is 0 Å². The third-order valence-corrected chi connectivity index (χ3v) is 6.20. The van der Waals surface area contributed by atoms with Crippen molar-refractivity contribution in [1.29, 1.82) is 0 Å². The maximum atomic E-state index is 5.83. The number of rotatable bonds is 4. The van der Waals surface area contributed by atoms with E-state index in [9.17, 15) is 0 Å². The summed E-state index contributed by atoms with van der Waals surface area (Å²) in [6.07, 6.45) is 4.84. The van der Waals surface area contributed by atoms with Gasteiger partial charge in [-0.15, -0.1) is 0 Å². The summed E-state index contributed by atoms with van der Waals surface area (Å²) >= 11 is 0. The standard InChI is InChI=1S/C21H35N5O2/c1-3-18-15-20(23-21(22-18)25-10-13-27-14-11-25)24-8-5-19(6-9-24)26-7-4-12-28-17(2)16-26/h15,17,19H,3-14,16H2,1-2H3. The molecule has 0 radical (unpaired) electrons. The van der Waals surface area contributed by atoms with Crippen LogP contribution in [0.15, 0.2) is 6.07 Å². The molecule has 1 aromatic rings. The Labute approximate surface area is 169 Å². The van der Waals surface area contributed by atoms with Gasteiger partial charge in [0.05, 0.1) is 19.3 Å². The molecular weight excluding hydrogens is 354 g/mol. The van der Waals surface area contributed by atoms with Crippen molar-refractivity contribution in [3.8, 4) is 0 Å². The molecule has 0 spiro atoms. The molecule has 7 nitrogen and oxygen atoms in total. The van der Waals surface area contributed by atoms with E-state index in [-0.39, 0.29) is 0 Å². The molecule has 0 aliphatic carbocycles. The maximum Gasteiger partial charge on any atom is 0.227 e. The van der Waals surface area contributed by atoms with Gasteiger partial charge in [-0.05, 0) is 32.6 Å². The molecule has 28 heavy (non-hydrogen) atoms. The van der Waals surface area contributed by atoms with Crippen LogP contribution in [0.2, 0.25) is 0 Å². The second-order valence-corrected chi connectivity index (χ2v) is 8.22. The van der Waals surface area contributed by atoms with Gasteiger partial charge in [-0.2, -0.15) is 4.98 Å². The van der Waals surface area contributed by atoms with E-state index >= 15 is 0 Å². The van der Waals surface area contributed by atoms with E-state index in [1.165, 1.54) is 19.4 Å². The fourth-order valence-electron chi connectivity index (χ4n) is 4.54. The molecule has 3 aliphatic heterocycles. The molecule has 1 aromatic heterocycles. The predicted octanol–water partition coefficient (Wildman–Crippen LogP) is 1.96. The Morgan fingerprint density at radius 2 is 1.79 bits per heavy atom. The lowest BCUT2D eigenvalue weighted by Crippen LogP contribution is -2.47. The minimum Gasteiger partial charge on any atom is -0.378 e. The second kappa shape index (κ2) is 9.37. The average molecular weight is 390 g/mol. The van der Waals surface area contributed by atoms with Crippen molar-refractivity contribution >= 4 is 11.8 Å². The third kappa shape index (κ3) is 4.75. The lowest BCUT2D eigenvalue weighted by atomic mass is 10.0. The molecular formula is C21H35N5O2. The summed E-state index contributed by atoms with van der Waals surface area (Å²) in [5, 5.41) is 0. The van der Waals surface area contributed by atoms with Gasteiger partial charge in [-0.1, -0.05) is 6.92 Å². The summed E-state index contributed by atoms with van der Waals surface area (Å²) in [5.41, 5.74) is 1.13. The molecule has 1 unspecified atom stereocenters. The van der Waals surface area contributed by atoms with Gasteiger partial charge in [0, 0.05) is 63.7 Å². The van der Waals surface area contributed by atoms with Gasteiger partial charge in [0.25, 0.3) is 0 Å². The molecule has 1 atom stereocenters. The van der Waals surface area contributed by atoms with Crippen LogP contribution in [0.4, 0.5) is 11.8 Å². The molecule has 3 aliphatic rings. The Balaban J connectivity index is 1.42. The Morgan fingerprint density at radius 3 is 2.54 bits per heavy atom. The van der Waals surface area contributed by atoms with E-state index in [0.29, 0.717) is 12.1 Å². The van der Waals surface area contributed by atoms with E-state index in [1.54, 1.807) is 0 Å². The zero-order valence-electron chi connectivity index (χ0n) is 17.5. The number of aryl methyl sites for hydroxylation is 1. The lowest BCUT2D eigenvalue weighted by molar-refractivity contribution is 0.0579. The van der Waals surface area contributed by atoms with Gasteiger partial charge in [-0.25, -0.2) is 4.98 Å². The molecule has 0 N–H and O–H groups in total. The molecule has 156 valence electrons. The Kier molecular flexibility index (Phi) is 6.65. The van der Waals surface area contributed by atoms with Gasteiger partial charge in [0.2, 0.25) is 5.95 Å². The fraction of sp³-hybridized carbons (Fsp3) is 0.810. The fourth-order valence-corrected chi connectivity index (χ4v) is 4.54. The summed E-state index contributed by atoms with van der Waals surface area (Å²) in [6.45, 7) is 12.9. The van der Waals surface area contributed by atoms with Crippen molar-refractivity contribution in [3.63, 3.8) is 0 Å². The molecule has 0 aromatic carbocycles. The number of ether oxygens (including phenoxy) is 2. The van der Waals surface area contributed by atoms with E-state index in [2.05, 4.69) is 34.6 Å². The molecule has 0 amide bonds. The van der Waals surface area contributed by atoms with E-state index in [4.69, 9.17) is 19.4 Å². The Morgan fingerprint density at radius 1 is 1.00 bits per heavy atom. The SMILES string of the molecule is CCc1cc(N2CCC(N3CCCOC(C)C3)CC2)nc(N2CCOCC2)n1. The van der Waals surface area contributed by atoms with Crippen LogP contribution in [0.3, 0.4) is 0 Å². The first-order chi connectivity index (χ1) is 13.7. The first-order valence-electron chi connectivity index (χ1n) is 11.0. The third-order valence-electron chi connectivity index (χ3n) is 6.20. The van der Waals surface area contributed by atoms with Crippen LogP contribution in [-0.2, 0) is 15.9 Å². The number of nitrogens with zero attached hydrogens (tertiary/aromatic N) is 5. The maximum absolute atomic E-state index is 5.83. The number of hydrogen-bond acceptors (Lipinski definition) is 7. The molecule has 3 fully saturated rings. The Bertz CT molecular complexity index is 629. The topological polar surface area (TPSA) is 54.0 Å². The molecule has 4 rings (SSSR count). The van der Waals surface area contributed by atoms with Crippen LogP contribution in [0.1, 0.15) is 38.8 Å². The van der Waals surface area contributed by atoms with Crippen molar-refractivity contribution in [2.45, 2.75) is 51.7 Å². The zero-order valence-corrected chi connectivity index (χ0v) is 17.5. The number of morpholine rings is 1. The number of piperidine rings is 1. The van der Waals surface area contributed by atoms with E-state index in [0.717, 1.165) is 82.8 Å². The largest absolute Gasteiger partial charge is 0.378 e. The molecule has 0 saturated carbocycles. The first kappa shape index (κ1) is 19.9. The van der Waals surface area contributed by atoms with Crippen LogP contribution in [-0.4, -0.2) is 86.1 Å². The van der Waals surface area contributed by atoms with Gasteiger partial charge in [-0.3, -0.25) is 4.90 Å². The van der Waals surface area contributed by atoms with Crippen LogP contribution in [0.25, 0.3) is 0 Å². The summed E-state index contributed by atoms with van der Waals surface area (Å²) in [4.78, 5) is 17.1. The van der Waals surface area contributed by atoms with E-state index < -0.39 is 0 Å². The van der Waals surface area contributed by atoms with Gasteiger partial charge < -0.3 is 19.3 Å². The highest BCUT2D eigenvalue weighted by Crippen LogP contribution is 2.25. The van der Waals surface area contributed by atoms with Gasteiger partial charge in [0.1, 0.15) is 5.82 Å². The Hall–Kier alpha value is -1.44. The summed E-state index contributed by atoms with van der Waals surface area (Å²) in [5.74, 6) is 1.97. The summed E-state index contributed by atoms with van der Waals surface area (Å²) in [6, 6.07) is 2.86. The van der Waals surface area contributed by atoms with Crippen molar-refractivity contribution < 1.29 is 9.47 Å². The molecule has 7 heteroatoms. The summed E-state index contributed by atoms with van der Waals surface area (Å²) in [7, 11) is 0. The number of hydrogen-bond donors (Lipinski definition) is 0. The average Bonchev–Trinajstić information content (AvgIpc) is 2.98. The highest BCUT2D eigenvalue weighted by atomic mass is 16.5. The van der Waals surface area contributed by atoms with Gasteiger partial charge in [0.15, 0.2) is 0 Å². The van der Waals surface area contributed by atoms with Crippen LogP contribution in [0.5, 0.6) is 0 Å². The van der Waals surface area contributed by atoms with Crippen molar-refractivity contribution in [2.75, 3.05) is 68.9 Å². The lowest BCUT2D eigenvalue weighted by Gasteiger charge is -2.39. The molecule has 4 heterocycles.